The van der Waals surface area contributed by atoms with Crippen molar-refractivity contribution in [3.63, 3.8) is 0 Å². The third kappa shape index (κ3) is 6.30. The van der Waals surface area contributed by atoms with Gasteiger partial charge in [0.25, 0.3) is 11.8 Å². The number of aromatic nitrogens is 1. The van der Waals surface area contributed by atoms with E-state index in [4.69, 9.17) is 0 Å². The highest BCUT2D eigenvalue weighted by Crippen LogP contribution is 2.12. The summed E-state index contributed by atoms with van der Waals surface area (Å²) >= 11 is 6.81. The smallest absolute Gasteiger partial charge is 0.268 e. The monoisotopic (exact) mass is 517 g/mol. The van der Waals surface area contributed by atoms with Crippen LogP contribution in [0.4, 0.5) is 0 Å². The van der Waals surface area contributed by atoms with E-state index in [1.165, 1.54) is 0 Å². The maximum Gasteiger partial charge on any atom is 0.268 e. The molecule has 0 atom stereocenters. The molecule has 3 rings (SSSR count). The summed E-state index contributed by atoms with van der Waals surface area (Å²) in [5.74, 6) is -0.549. The van der Waals surface area contributed by atoms with E-state index in [0.29, 0.717) is 25.1 Å². The molecule has 0 radical (unpaired) electrons. The van der Waals surface area contributed by atoms with Gasteiger partial charge in [0.2, 0.25) is 0 Å². The van der Waals surface area contributed by atoms with Crippen LogP contribution in [0.2, 0.25) is 0 Å². The van der Waals surface area contributed by atoms with Crippen molar-refractivity contribution in [3.8, 4) is 0 Å². The van der Waals surface area contributed by atoms with Crippen molar-refractivity contribution in [3.05, 3.63) is 92.1 Å². The minimum absolute atomic E-state index is 0.263. The summed E-state index contributed by atoms with van der Waals surface area (Å²) in [4.78, 5) is 27.8. The lowest BCUT2D eigenvalue weighted by molar-refractivity contribution is 0.0917. The van der Waals surface area contributed by atoms with Crippen LogP contribution in [-0.4, -0.2) is 29.9 Å². The van der Waals surface area contributed by atoms with Crippen LogP contribution in [0.15, 0.2) is 69.7 Å². The predicted octanol–water partition coefficient (Wildman–Crippen LogP) is 4.48. The largest absolute Gasteiger partial charge is 0.357 e. The van der Waals surface area contributed by atoms with Crippen molar-refractivity contribution >= 4 is 43.7 Å². The molecule has 1 aromatic heterocycles. The summed E-state index contributed by atoms with van der Waals surface area (Å²) in [6.07, 6.45) is 3.04. The fourth-order valence-electron chi connectivity index (χ4n) is 2.87. The van der Waals surface area contributed by atoms with E-state index in [1.807, 2.05) is 48.5 Å². The Morgan fingerprint density at radius 2 is 1.21 bits per heavy atom. The number of carbonyl (C=O) groups excluding carboxylic acids is 2. The molecule has 0 bridgehead atoms. The third-order valence-corrected chi connectivity index (χ3v) is 5.50. The van der Waals surface area contributed by atoms with Gasteiger partial charge < -0.3 is 15.6 Å². The molecule has 0 aliphatic heterocycles. The van der Waals surface area contributed by atoms with Gasteiger partial charge in [0.1, 0.15) is 5.69 Å². The van der Waals surface area contributed by atoms with Crippen LogP contribution in [0.1, 0.15) is 32.0 Å². The molecule has 0 fully saturated rings. The van der Waals surface area contributed by atoms with Gasteiger partial charge in [-0.25, -0.2) is 0 Å². The fraction of sp³-hybridized carbons (Fsp3) is 0.182. The number of hydrogen-bond donors (Lipinski definition) is 3. The maximum atomic E-state index is 12.5. The first kappa shape index (κ1) is 21.3. The molecule has 29 heavy (non-hydrogen) atoms. The number of nitrogens with one attached hydrogen (secondary N) is 3. The Labute approximate surface area is 186 Å². The van der Waals surface area contributed by atoms with Crippen molar-refractivity contribution in [1.29, 1.82) is 0 Å². The topological polar surface area (TPSA) is 74.0 Å². The zero-order valence-corrected chi connectivity index (χ0v) is 18.8. The van der Waals surface area contributed by atoms with Gasteiger partial charge in [-0.2, -0.15) is 0 Å². The number of carbonyl (C=O) groups is 2. The van der Waals surface area contributed by atoms with Crippen LogP contribution in [0, 0.1) is 0 Å². The van der Waals surface area contributed by atoms with E-state index in [9.17, 15) is 9.59 Å². The molecule has 0 aliphatic carbocycles. The Bertz CT molecular complexity index is 888. The fourth-order valence-corrected chi connectivity index (χ4v) is 3.40. The van der Waals surface area contributed by atoms with Crippen molar-refractivity contribution in [2.75, 3.05) is 13.1 Å². The second-order valence-electron chi connectivity index (χ2n) is 6.53. The molecular formula is C22H21Br2N3O2. The van der Waals surface area contributed by atoms with E-state index in [0.717, 1.165) is 26.5 Å². The van der Waals surface area contributed by atoms with Crippen molar-refractivity contribution in [1.82, 2.24) is 15.6 Å². The van der Waals surface area contributed by atoms with E-state index >= 15 is 0 Å². The Hall–Kier alpha value is -2.38. The number of rotatable bonds is 8. The molecule has 0 saturated heterocycles. The van der Waals surface area contributed by atoms with Gasteiger partial charge in [-0.05, 0) is 54.3 Å². The number of H-pyrrole nitrogens is 1. The average molecular weight is 519 g/mol. The number of amides is 2. The van der Waals surface area contributed by atoms with Crippen molar-refractivity contribution in [2.24, 2.45) is 0 Å². The third-order valence-electron chi connectivity index (χ3n) is 4.44. The molecule has 5 nitrogen and oxygen atoms in total. The summed E-state index contributed by atoms with van der Waals surface area (Å²) < 4.78 is 2.04. The molecule has 0 saturated carbocycles. The van der Waals surface area contributed by atoms with E-state index < -0.39 is 0 Å². The number of halogens is 2. The van der Waals surface area contributed by atoms with Crippen LogP contribution in [0.25, 0.3) is 0 Å². The average Bonchev–Trinajstić information content (AvgIpc) is 3.21. The predicted molar refractivity (Wildman–Crippen MR) is 121 cm³/mol. The molecule has 3 N–H and O–H groups in total. The van der Waals surface area contributed by atoms with Crippen LogP contribution >= 0.6 is 31.9 Å². The van der Waals surface area contributed by atoms with Gasteiger partial charge in [0.15, 0.2) is 0 Å². The van der Waals surface area contributed by atoms with Crippen LogP contribution in [0.5, 0.6) is 0 Å². The SMILES string of the molecule is O=C(NCCc1ccc(Br)cc1)c1cc[nH]c1C(=O)NCCc1ccc(Br)cc1. The lowest BCUT2D eigenvalue weighted by Crippen LogP contribution is -2.31. The van der Waals surface area contributed by atoms with Gasteiger partial charge in [-0.1, -0.05) is 56.1 Å². The van der Waals surface area contributed by atoms with E-state index in [1.54, 1.807) is 12.3 Å². The molecule has 150 valence electrons. The molecule has 2 aromatic carbocycles. The van der Waals surface area contributed by atoms with Crippen molar-refractivity contribution < 1.29 is 9.59 Å². The molecule has 2 amide bonds. The van der Waals surface area contributed by atoms with Crippen LogP contribution in [-0.2, 0) is 12.8 Å². The molecule has 0 unspecified atom stereocenters. The van der Waals surface area contributed by atoms with Crippen molar-refractivity contribution in [2.45, 2.75) is 12.8 Å². The minimum atomic E-state index is -0.287. The van der Waals surface area contributed by atoms with Gasteiger partial charge in [-0.15, -0.1) is 0 Å². The summed E-state index contributed by atoms with van der Waals surface area (Å²) in [5, 5.41) is 5.74. The second kappa shape index (κ2) is 10.4. The van der Waals surface area contributed by atoms with Gasteiger partial charge in [0, 0.05) is 28.2 Å². The van der Waals surface area contributed by atoms with E-state index in [-0.39, 0.29) is 17.5 Å². The summed E-state index contributed by atoms with van der Waals surface area (Å²) in [5.41, 5.74) is 2.89. The quantitative estimate of drug-likeness (QED) is 0.411. The Balaban J connectivity index is 1.49. The van der Waals surface area contributed by atoms with Crippen LogP contribution < -0.4 is 10.6 Å². The Kier molecular flexibility index (Phi) is 7.66. The zero-order chi connectivity index (χ0) is 20.6. The summed E-state index contributed by atoms with van der Waals surface area (Å²) in [6, 6.07) is 17.6. The molecule has 0 aliphatic rings. The molecule has 1 heterocycles. The Morgan fingerprint density at radius 1 is 0.724 bits per heavy atom. The van der Waals surface area contributed by atoms with Crippen LogP contribution in [0.3, 0.4) is 0 Å². The molecule has 7 heteroatoms. The highest BCUT2D eigenvalue weighted by Gasteiger charge is 2.17. The van der Waals surface area contributed by atoms with Gasteiger partial charge in [-0.3, -0.25) is 9.59 Å². The van der Waals surface area contributed by atoms with E-state index in [2.05, 4.69) is 47.5 Å². The first-order chi connectivity index (χ1) is 14.0. The number of hydrogen-bond acceptors (Lipinski definition) is 2. The first-order valence-electron chi connectivity index (χ1n) is 9.25. The zero-order valence-electron chi connectivity index (χ0n) is 15.7. The lowest BCUT2D eigenvalue weighted by Gasteiger charge is -2.08. The lowest BCUT2D eigenvalue weighted by atomic mass is 10.1. The highest BCUT2D eigenvalue weighted by atomic mass is 79.9. The van der Waals surface area contributed by atoms with Gasteiger partial charge in [0.05, 0.1) is 5.56 Å². The molecule has 0 spiro atoms. The maximum absolute atomic E-state index is 12.5. The summed E-state index contributed by atoms with van der Waals surface area (Å²) in [7, 11) is 0. The minimum Gasteiger partial charge on any atom is -0.357 e. The standard InChI is InChI=1S/C22H21Br2N3O2/c23-17-5-1-15(2-6-17)9-12-26-21(28)19-11-14-25-20(19)22(29)27-13-10-16-3-7-18(24)8-4-16/h1-8,11,14,25H,9-10,12-13H2,(H,26,28)(H,27,29). The Morgan fingerprint density at radius 3 is 1.72 bits per heavy atom. The summed E-state index contributed by atoms with van der Waals surface area (Å²) in [6.45, 7) is 0.986. The highest BCUT2D eigenvalue weighted by molar-refractivity contribution is 9.10. The normalized spacial score (nSPS) is 10.6. The number of benzene rings is 2. The number of aromatic amines is 1. The molecular weight excluding hydrogens is 498 g/mol. The van der Waals surface area contributed by atoms with Gasteiger partial charge >= 0.3 is 0 Å². The second-order valence-corrected chi connectivity index (χ2v) is 8.36. The first-order valence-corrected chi connectivity index (χ1v) is 10.8. The molecule has 3 aromatic rings.